The lowest BCUT2D eigenvalue weighted by Gasteiger charge is -2.22. The first-order valence-corrected chi connectivity index (χ1v) is 8.52. The van der Waals surface area contributed by atoms with Gasteiger partial charge in [0.05, 0.1) is 30.6 Å². The smallest absolute Gasteiger partial charge is 0.295 e. The summed E-state index contributed by atoms with van der Waals surface area (Å²) >= 11 is 6.02. The number of halogens is 1. The van der Waals surface area contributed by atoms with Crippen molar-refractivity contribution in [2.45, 2.75) is 6.04 Å². The number of aliphatic hydroxyl groups excluding tert-OH is 1. The van der Waals surface area contributed by atoms with E-state index in [1.165, 1.54) is 31.4 Å². The van der Waals surface area contributed by atoms with Gasteiger partial charge in [0.2, 0.25) is 0 Å². The Kier molecular flexibility index (Phi) is 5.53. The molecule has 2 aromatic rings. The zero-order valence-corrected chi connectivity index (χ0v) is 15.5. The molecule has 1 aliphatic rings. The molecule has 2 heterocycles. The predicted molar refractivity (Wildman–Crippen MR) is 97.6 cm³/mol. The second-order valence-corrected chi connectivity index (χ2v) is 6.26. The van der Waals surface area contributed by atoms with E-state index in [4.69, 9.17) is 25.5 Å². The maximum absolute atomic E-state index is 12.7. The maximum Gasteiger partial charge on any atom is 0.295 e. The van der Waals surface area contributed by atoms with Gasteiger partial charge in [-0.1, -0.05) is 11.6 Å². The molecule has 1 saturated heterocycles. The van der Waals surface area contributed by atoms with Gasteiger partial charge in [0.1, 0.15) is 23.3 Å². The molecule has 0 radical (unpaired) electrons. The van der Waals surface area contributed by atoms with Crippen LogP contribution in [0.2, 0.25) is 5.02 Å². The number of rotatable bonds is 6. The number of benzene rings is 1. The van der Waals surface area contributed by atoms with Crippen LogP contribution in [-0.2, 0) is 14.3 Å². The molecule has 1 unspecified atom stereocenters. The minimum atomic E-state index is -0.850. The number of aliphatic hydroxyl groups is 1. The average Bonchev–Trinajstić information content (AvgIpc) is 3.28. The molecule has 27 heavy (non-hydrogen) atoms. The molecule has 1 aromatic carbocycles. The van der Waals surface area contributed by atoms with Crippen molar-refractivity contribution in [2.24, 2.45) is 0 Å². The number of ether oxygens (including phenoxy) is 2. The van der Waals surface area contributed by atoms with Crippen LogP contribution in [-0.4, -0.2) is 49.1 Å². The van der Waals surface area contributed by atoms with Gasteiger partial charge < -0.3 is 23.9 Å². The highest BCUT2D eigenvalue weighted by atomic mass is 35.5. The van der Waals surface area contributed by atoms with Crippen molar-refractivity contribution < 1.29 is 28.6 Å². The van der Waals surface area contributed by atoms with Gasteiger partial charge in [0.15, 0.2) is 0 Å². The quantitative estimate of drug-likeness (QED) is 0.462. The fraction of sp³-hybridized carbons (Fsp3) is 0.263. The van der Waals surface area contributed by atoms with E-state index in [1.807, 2.05) is 0 Å². The molecule has 1 atom stereocenters. The van der Waals surface area contributed by atoms with Crippen molar-refractivity contribution in [3.05, 3.63) is 58.5 Å². The van der Waals surface area contributed by atoms with Gasteiger partial charge in [-0.05, 0) is 30.3 Å². The van der Waals surface area contributed by atoms with Crippen LogP contribution >= 0.6 is 11.6 Å². The number of carbonyl (C=O) groups is 2. The van der Waals surface area contributed by atoms with Crippen molar-refractivity contribution in [1.82, 2.24) is 4.90 Å². The highest BCUT2D eigenvalue weighted by Gasteiger charge is 2.47. The summed E-state index contributed by atoms with van der Waals surface area (Å²) in [6, 6.07) is 7.03. The summed E-state index contributed by atoms with van der Waals surface area (Å²) in [6.07, 6.45) is 1.44. The summed E-state index contributed by atoms with van der Waals surface area (Å²) in [7, 11) is 2.94. The summed E-state index contributed by atoms with van der Waals surface area (Å²) in [5.74, 6) is -1.14. The van der Waals surface area contributed by atoms with E-state index < -0.39 is 17.7 Å². The third-order valence-corrected chi connectivity index (χ3v) is 4.63. The fourth-order valence-electron chi connectivity index (χ4n) is 3.01. The van der Waals surface area contributed by atoms with Crippen LogP contribution in [0.1, 0.15) is 17.4 Å². The average molecular weight is 392 g/mol. The number of likely N-dealkylation sites (tertiary alicyclic amines) is 1. The first kappa shape index (κ1) is 19.0. The summed E-state index contributed by atoms with van der Waals surface area (Å²) in [5, 5.41) is 11.2. The zero-order valence-electron chi connectivity index (χ0n) is 14.8. The normalized spacial score (nSPS) is 18.9. The Balaban J connectivity index is 2.14. The second-order valence-electron chi connectivity index (χ2n) is 5.85. The number of nitrogens with zero attached hydrogens (tertiary/aromatic N) is 1. The Hall–Kier alpha value is -2.77. The standard InChI is InChI=1S/C19H18ClNO6/c1-25-9-7-21-16(13-4-3-8-27-13)15(18(23)19(21)24)17(22)11-5-6-12(20)14(10-11)26-2/h3-6,8,10,16,22H,7,9H2,1-2H3/b17-15-. The minimum Gasteiger partial charge on any atom is -0.507 e. The van der Waals surface area contributed by atoms with Crippen LogP contribution in [0.5, 0.6) is 5.75 Å². The lowest BCUT2D eigenvalue weighted by molar-refractivity contribution is -0.140. The van der Waals surface area contributed by atoms with Gasteiger partial charge in [-0.3, -0.25) is 9.59 Å². The van der Waals surface area contributed by atoms with E-state index in [2.05, 4.69) is 0 Å². The van der Waals surface area contributed by atoms with Crippen LogP contribution in [0.3, 0.4) is 0 Å². The SMILES string of the molecule is COCCN1C(=O)C(=O)/C(=C(\O)c2ccc(Cl)c(OC)c2)C1c1ccco1. The number of ketones is 1. The lowest BCUT2D eigenvalue weighted by atomic mass is 9.99. The zero-order chi connectivity index (χ0) is 19.6. The molecule has 0 bridgehead atoms. The topological polar surface area (TPSA) is 89.2 Å². The van der Waals surface area contributed by atoms with Crippen LogP contribution < -0.4 is 4.74 Å². The number of amides is 1. The molecule has 0 aliphatic carbocycles. The molecule has 0 spiro atoms. The third kappa shape index (κ3) is 3.43. The summed E-state index contributed by atoms with van der Waals surface area (Å²) in [6.45, 7) is 0.409. The van der Waals surface area contributed by atoms with Crippen molar-refractivity contribution in [2.75, 3.05) is 27.4 Å². The summed E-state index contributed by atoms with van der Waals surface area (Å²) in [5.41, 5.74) is 0.243. The largest absolute Gasteiger partial charge is 0.507 e. The van der Waals surface area contributed by atoms with E-state index in [0.717, 1.165) is 0 Å². The second kappa shape index (κ2) is 7.85. The molecule has 142 valence electrons. The predicted octanol–water partition coefficient (Wildman–Crippen LogP) is 3.01. The van der Waals surface area contributed by atoms with E-state index in [-0.39, 0.29) is 24.5 Å². The lowest BCUT2D eigenvalue weighted by Crippen LogP contribution is -2.32. The fourth-order valence-corrected chi connectivity index (χ4v) is 3.20. The Morgan fingerprint density at radius 3 is 2.70 bits per heavy atom. The van der Waals surface area contributed by atoms with Gasteiger partial charge in [-0.25, -0.2) is 0 Å². The molecule has 1 aliphatic heterocycles. The monoisotopic (exact) mass is 391 g/mol. The molecular weight excluding hydrogens is 374 g/mol. The number of carbonyl (C=O) groups excluding carboxylic acids is 2. The van der Waals surface area contributed by atoms with E-state index >= 15 is 0 Å². The molecular formula is C19H18ClNO6. The van der Waals surface area contributed by atoms with Crippen LogP contribution in [0.4, 0.5) is 0 Å². The molecule has 7 nitrogen and oxygen atoms in total. The number of methoxy groups -OCH3 is 2. The number of hydrogen-bond acceptors (Lipinski definition) is 6. The maximum atomic E-state index is 12.7. The van der Waals surface area contributed by atoms with Gasteiger partial charge >= 0.3 is 0 Å². The minimum absolute atomic E-state index is 0.0598. The van der Waals surface area contributed by atoms with Crippen molar-refractivity contribution in [3.8, 4) is 5.75 Å². The van der Waals surface area contributed by atoms with Gasteiger partial charge in [0.25, 0.3) is 11.7 Å². The molecule has 1 aromatic heterocycles. The number of Topliss-reactive ketones (excluding diaryl/α,β-unsaturated/α-hetero) is 1. The Bertz CT molecular complexity index is 890. The summed E-state index contributed by atoms with van der Waals surface area (Å²) in [4.78, 5) is 26.5. The first-order valence-electron chi connectivity index (χ1n) is 8.14. The molecule has 1 fully saturated rings. The molecule has 1 amide bonds. The van der Waals surface area contributed by atoms with Gasteiger partial charge in [-0.2, -0.15) is 0 Å². The Morgan fingerprint density at radius 1 is 1.30 bits per heavy atom. The number of furan rings is 1. The van der Waals surface area contributed by atoms with Crippen molar-refractivity contribution in [3.63, 3.8) is 0 Å². The van der Waals surface area contributed by atoms with Gasteiger partial charge in [0, 0.05) is 19.2 Å². The first-order chi connectivity index (χ1) is 13.0. The number of hydrogen-bond donors (Lipinski definition) is 1. The van der Waals surface area contributed by atoms with Crippen LogP contribution in [0.15, 0.2) is 46.6 Å². The van der Waals surface area contributed by atoms with E-state index in [1.54, 1.807) is 24.3 Å². The van der Waals surface area contributed by atoms with Crippen molar-refractivity contribution in [1.29, 1.82) is 0 Å². The molecule has 0 saturated carbocycles. The highest BCUT2D eigenvalue weighted by molar-refractivity contribution is 6.46. The Labute approximate surface area is 160 Å². The van der Waals surface area contributed by atoms with E-state index in [9.17, 15) is 14.7 Å². The molecule has 8 heteroatoms. The summed E-state index contributed by atoms with van der Waals surface area (Å²) < 4.78 is 15.6. The molecule has 3 rings (SSSR count). The van der Waals surface area contributed by atoms with E-state index in [0.29, 0.717) is 22.1 Å². The van der Waals surface area contributed by atoms with Crippen LogP contribution in [0, 0.1) is 0 Å². The van der Waals surface area contributed by atoms with Gasteiger partial charge in [-0.15, -0.1) is 0 Å². The van der Waals surface area contributed by atoms with Crippen LogP contribution in [0.25, 0.3) is 5.76 Å². The van der Waals surface area contributed by atoms with Crippen molar-refractivity contribution >= 4 is 29.1 Å². The molecule has 1 N–H and O–H groups in total. The Morgan fingerprint density at radius 2 is 2.07 bits per heavy atom. The highest BCUT2D eigenvalue weighted by Crippen LogP contribution is 2.40. The third-order valence-electron chi connectivity index (χ3n) is 4.31.